The van der Waals surface area contributed by atoms with Crippen LogP contribution in [0.15, 0.2) is 66.3 Å². The Labute approximate surface area is 175 Å². The second-order valence-corrected chi connectivity index (χ2v) is 7.81. The summed E-state index contributed by atoms with van der Waals surface area (Å²) in [5.74, 6) is 1.41. The predicted octanol–water partition coefficient (Wildman–Crippen LogP) is 4.03. The number of ether oxygens (including phenoxy) is 1. The second-order valence-electron chi connectivity index (χ2n) is 6.50. The fourth-order valence-electron chi connectivity index (χ4n) is 2.73. The highest BCUT2D eigenvalue weighted by atomic mass is 32.2. The minimum absolute atomic E-state index is 0.0700. The minimum atomic E-state index is -0.327. The fourth-order valence-corrected chi connectivity index (χ4v) is 3.62. The number of thioether (sulfide) groups is 1. The topological polar surface area (TPSA) is 69.0 Å². The largest absolute Gasteiger partial charge is 0.497 e. The van der Waals surface area contributed by atoms with Gasteiger partial charge in [-0.1, -0.05) is 35.5 Å². The van der Waals surface area contributed by atoms with Crippen molar-refractivity contribution in [1.82, 2.24) is 20.1 Å². The molecule has 29 heavy (non-hydrogen) atoms. The summed E-state index contributed by atoms with van der Waals surface area (Å²) in [5.41, 5.74) is 3.02. The molecule has 1 atom stereocenters. The molecule has 0 aliphatic rings. The Balaban J connectivity index is 2.00. The van der Waals surface area contributed by atoms with Crippen molar-refractivity contribution < 1.29 is 9.53 Å². The Morgan fingerprint density at radius 2 is 1.90 bits per heavy atom. The fraction of sp³-hybridized carbons (Fsp3) is 0.227. The van der Waals surface area contributed by atoms with E-state index < -0.39 is 0 Å². The SMILES string of the molecule is C=CCNC(=O)C(C)Sc1nnc(-c2ccc(OC)cc2)n1-c1ccc(C)cc1. The lowest BCUT2D eigenvalue weighted by Crippen LogP contribution is -2.31. The van der Waals surface area contributed by atoms with Crippen molar-refractivity contribution in [2.75, 3.05) is 13.7 Å². The van der Waals surface area contributed by atoms with Crippen LogP contribution in [0.25, 0.3) is 17.1 Å². The molecule has 3 aromatic rings. The molecule has 0 spiro atoms. The molecular formula is C22H24N4O2S. The molecular weight excluding hydrogens is 384 g/mol. The highest BCUT2D eigenvalue weighted by Gasteiger charge is 2.21. The number of aromatic nitrogens is 3. The molecule has 0 saturated carbocycles. The van der Waals surface area contributed by atoms with Crippen LogP contribution in [-0.4, -0.2) is 39.6 Å². The van der Waals surface area contributed by atoms with Gasteiger partial charge in [-0.3, -0.25) is 9.36 Å². The van der Waals surface area contributed by atoms with Crippen LogP contribution in [-0.2, 0) is 4.79 Å². The van der Waals surface area contributed by atoms with E-state index in [0.717, 1.165) is 17.0 Å². The molecule has 1 unspecified atom stereocenters. The molecule has 0 radical (unpaired) electrons. The summed E-state index contributed by atoms with van der Waals surface area (Å²) in [4.78, 5) is 12.3. The van der Waals surface area contributed by atoms with Crippen LogP contribution in [0.1, 0.15) is 12.5 Å². The molecule has 1 amide bonds. The molecule has 0 saturated heterocycles. The maximum absolute atomic E-state index is 12.3. The highest BCUT2D eigenvalue weighted by molar-refractivity contribution is 8.00. The number of aryl methyl sites for hydroxylation is 1. The number of carbonyl (C=O) groups excluding carboxylic acids is 1. The summed E-state index contributed by atoms with van der Waals surface area (Å²) in [6, 6.07) is 15.8. The number of nitrogens with zero attached hydrogens (tertiary/aromatic N) is 3. The van der Waals surface area contributed by atoms with Gasteiger partial charge in [0.15, 0.2) is 11.0 Å². The molecule has 1 heterocycles. The Kier molecular flexibility index (Phi) is 6.72. The van der Waals surface area contributed by atoms with Crippen molar-refractivity contribution in [2.24, 2.45) is 0 Å². The molecule has 6 nitrogen and oxygen atoms in total. The first kappa shape index (κ1) is 20.7. The third kappa shape index (κ3) is 4.86. The van der Waals surface area contributed by atoms with Gasteiger partial charge in [-0.05, 0) is 50.2 Å². The normalized spacial score (nSPS) is 11.7. The second kappa shape index (κ2) is 9.43. The number of methoxy groups -OCH3 is 1. The van der Waals surface area contributed by atoms with E-state index in [-0.39, 0.29) is 11.2 Å². The first-order valence-electron chi connectivity index (χ1n) is 9.25. The lowest BCUT2D eigenvalue weighted by atomic mass is 10.2. The Hall–Kier alpha value is -3.06. The van der Waals surface area contributed by atoms with E-state index in [1.54, 1.807) is 13.2 Å². The van der Waals surface area contributed by atoms with Crippen molar-refractivity contribution in [3.8, 4) is 22.8 Å². The van der Waals surface area contributed by atoms with Crippen LogP contribution in [0.4, 0.5) is 0 Å². The van der Waals surface area contributed by atoms with Crippen molar-refractivity contribution in [3.05, 3.63) is 66.7 Å². The molecule has 0 aliphatic heterocycles. The van der Waals surface area contributed by atoms with E-state index >= 15 is 0 Å². The van der Waals surface area contributed by atoms with Crippen molar-refractivity contribution in [3.63, 3.8) is 0 Å². The number of nitrogens with one attached hydrogen (secondary N) is 1. The number of rotatable bonds is 8. The van der Waals surface area contributed by atoms with Gasteiger partial charge in [-0.2, -0.15) is 0 Å². The number of benzene rings is 2. The Morgan fingerprint density at radius 3 is 2.52 bits per heavy atom. The van der Waals surface area contributed by atoms with E-state index in [4.69, 9.17) is 4.74 Å². The average Bonchev–Trinajstić information content (AvgIpc) is 3.16. The zero-order valence-corrected chi connectivity index (χ0v) is 17.6. The third-order valence-electron chi connectivity index (χ3n) is 4.35. The van der Waals surface area contributed by atoms with Gasteiger partial charge in [0, 0.05) is 17.8 Å². The van der Waals surface area contributed by atoms with Gasteiger partial charge in [0.1, 0.15) is 5.75 Å². The highest BCUT2D eigenvalue weighted by Crippen LogP contribution is 2.31. The molecule has 1 aromatic heterocycles. The minimum Gasteiger partial charge on any atom is -0.497 e. The van der Waals surface area contributed by atoms with Crippen LogP contribution in [0.3, 0.4) is 0 Å². The molecule has 0 aliphatic carbocycles. The van der Waals surface area contributed by atoms with Gasteiger partial charge in [0.25, 0.3) is 0 Å². The summed E-state index contributed by atoms with van der Waals surface area (Å²) in [5, 5.41) is 11.9. The van der Waals surface area contributed by atoms with Crippen LogP contribution < -0.4 is 10.1 Å². The van der Waals surface area contributed by atoms with Crippen LogP contribution in [0.5, 0.6) is 5.75 Å². The summed E-state index contributed by atoms with van der Waals surface area (Å²) >= 11 is 1.37. The third-order valence-corrected chi connectivity index (χ3v) is 5.39. The summed E-state index contributed by atoms with van der Waals surface area (Å²) in [6.07, 6.45) is 1.66. The van der Waals surface area contributed by atoms with E-state index in [2.05, 4.69) is 22.1 Å². The number of hydrogen-bond donors (Lipinski definition) is 1. The summed E-state index contributed by atoms with van der Waals surface area (Å²) in [6.45, 7) is 7.96. The van der Waals surface area contributed by atoms with Gasteiger partial charge in [0.2, 0.25) is 5.91 Å². The van der Waals surface area contributed by atoms with Gasteiger partial charge < -0.3 is 10.1 Å². The average molecular weight is 409 g/mol. The smallest absolute Gasteiger partial charge is 0.233 e. The van der Waals surface area contributed by atoms with Crippen molar-refractivity contribution in [2.45, 2.75) is 24.3 Å². The molecule has 3 rings (SSSR count). The molecule has 150 valence electrons. The van der Waals surface area contributed by atoms with Crippen LogP contribution in [0, 0.1) is 6.92 Å². The van der Waals surface area contributed by atoms with Crippen molar-refractivity contribution >= 4 is 17.7 Å². The van der Waals surface area contributed by atoms with Gasteiger partial charge in [0.05, 0.1) is 12.4 Å². The van der Waals surface area contributed by atoms with Crippen LogP contribution in [0.2, 0.25) is 0 Å². The maximum atomic E-state index is 12.3. The maximum Gasteiger partial charge on any atom is 0.233 e. The molecule has 0 bridgehead atoms. The van der Waals surface area contributed by atoms with Crippen molar-refractivity contribution in [1.29, 1.82) is 0 Å². The van der Waals surface area contributed by atoms with E-state index in [0.29, 0.717) is 17.5 Å². The van der Waals surface area contributed by atoms with E-state index in [1.165, 1.54) is 17.3 Å². The number of hydrogen-bond acceptors (Lipinski definition) is 5. The van der Waals surface area contributed by atoms with E-state index in [9.17, 15) is 4.79 Å². The zero-order chi connectivity index (χ0) is 20.8. The molecule has 0 fully saturated rings. The Morgan fingerprint density at radius 1 is 1.21 bits per heavy atom. The van der Waals surface area contributed by atoms with Crippen LogP contribution >= 0.6 is 11.8 Å². The summed E-state index contributed by atoms with van der Waals surface area (Å²) < 4.78 is 7.23. The van der Waals surface area contributed by atoms with Gasteiger partial charge in [-0.15, -0.1) is 16.8 Å². The monoisotopic (exact) mass is 408 g/mol. The first-order chi connectivity index (χ1) is 14.0. The lowest BCUT2D eigenvalue weighted by Gasteiger charge is -2.14. The van der Waals surface area contributed by atoms with Gasteiger partial charge in [-0.25, -0.2) is 0 Å². The molecule has 1 N–H and O–H groups in total. The number of amides is 1. The number of carbonyl (C=O) groups is 1. The Bertz CT molecular complexity index is 981. The quantitative estimate of drug-likeness (QED) is 0.450. The first-order valence-corrected chi connectivity index (χ1v) is 10.1. The van der Waals surface area contributed by atoms with E-state index in [1.807, 2.05) is 66.9 Å². The molecule has 7 heteroatoms. The lowest BCUT2D eigenvalue weighted by molar-refractivity contribution is -0.120. The summed E-state index contributed by atoms with van der Waals surface area (Å²) in [7, 11) is 1.64. The molecule has 2 aromatic carbocycles. The van der Waals surface area contributed by atoms with Gasteiger partial charge >= 0.3 is 0 Å². The predicted molar refractivity (Wildman–Crippen MR) is 117 cm³/mol. The zero-order valence-electron chi connectivity index (χ0n) is 16.8. The standard InChI is InChI=1S/C22H24N4O2S/c1-5-14-23-21(27)16(3)29-22-25-24-20(17-8-12-19(28-4)13-9-17)26(22)18-10-6-15(2)7-11-18/h5-13,16H,1,14H2,2-4H3,(H,23,27).